The van der Waals surface area contributed by atoms with E-state index in [0.29, 0.717) is 5.56 Å². The van der Waals surface area contributed by atoms with Crippen molar-refractivity contribution in [2.75, 3.05) is 0 Å². The first kappa shape index (κ1) is 21.9. The van der Waals surface area contributed by atoms with Gasteiger partial charge >= 0.3 is 0 Å². The molecule has 3 N–H and O–H groups in total. The number of hydrogen-bond acceptors (Lipinski definition) is 7. The smallest absolute Gasteiger partial charge is 0.269 e. The number of non-ortho nitro benzene ring substituents is 1. The largest absolute Gasteiger partial charge is 0.365 e. The van der Waals surface area contributed by atoms with E-state index in [4.69, 9.17) is 5.41 Å². The Balaban J connectivity index is 2.04. The zero-order valence-corrected chi connectivity index (χ0v) is 17.8. The molecule has 1 aliphatic heterocycles. The molecule has 3 atom stereocenters. The van der Waals surface area contributed by atoms with Gasteiger partial charge in [0.25, 0.3) is 5.69 Å². The van der Waals surface area contributed by atoms with Gasteiger partial charge < -0.3 is 10.4 Å². The van der Waals surface area contributed by atoms with Crippen molar-refractivity contribution in [1.29, 1.82) is 15.9 Å². The van der Waals surface area contributed by atoms with Crippen molar-refractivity contribution in [2.24, 2.45) is 5.92 Å². The van der Waals surface area contributed by atoms with Crippen LogP contribution in [-0.4, -0.2) is 21.6 Å². The molecular weight excluding hydrogens is 420 g/mol. The Hall–Kier alpha value is -4.30. The third-order valence-corrected chi connectivity index (χ3v) is 6.34. The number of aromatic nitrogens is 1. The lowest BCUT2D eigenvalue weighted by molar-refractivity contribution is -0.747. The summed E-state index contributed by atoms with van der Waals surface area (Å²) in [6.45, 7) is 1.89. The van der Waals surface area contributed by atoms with Crippen molar-refractivity contribution in [1.82, 2.24) is 5.32 Å². The van der Waals surface area contributed by atoms with Crippen LogP contribution in [0.4, 0.5) is 5.69 Å². The summed E-state index contributed by atoms with van der Waals surface area (Å²) in [4.78, 5) is 10.7. The van der Waals surface area contributed by atoms with Crippen LogP contribution in [0.25, 0.3) is 0 Å². The Kier molecular flexibility index (Phi) is 5.53. The summed E-state index contributed by atoms with van der Waals surface area (Å²) in [5.74, 6) is 1.19. The maximum Gasteiger partial charge on any atom is 0.269 e. The minimum absolute atomic E-state index is 0.0678. The lowest BCUT2D eigenvalue weighted by Crippen LogP contribution is -2.66. The molecule has 9 nitrogen and oxygen atoms in total. The molecule has 1 aromatic heterocycles. The summed E-state index contributed by atoms with van der Waals surface area (Å²) in [5.41, 5.74) is -0.157. The number of nitrogens with one attached hydrogen (secondary N) is 2. The molecule has 2 heterocycles. The molecule has 33 heavy (non-hydrogen) atoms. The minimum Gasteiger partial charge on any atom is -0.365 e. The molecule has 0 saturated heterocycles. The van der Waals surface area contributed by atoms with Crippen LogP contribution >= 0.6 is 0 Å². The molecule has 2 aliphatic rings. The van der Waals surface area contributed by atoms with E-state index < -0.39 is 22.6 Å². The van der Waals surface area contributed by atoms with Crippen molar-refractivity contribution in [3.63, 3.8) is 0 Å². The molecule has 0 radical (unpaired) electrons. The molecule has 0 amide bonds. The van der Waals surface area contributed by atoms with Gasteiger partial charge in [0.2, 0.25) is 11.8 Å². The molecule has 0 bridgehead atoms. The van der Waals surface area contributed by atoms with E-state index in [2.05, 4.69) is 17.3 Å². The zero-order valence-electron chi connectivity index (χ0n) is 17.8. The monoisotopic (exact) mass is 441 g/mol. The van der Waals surface area contributed by atoms with Crippen LogP contribution in [0.2, 0.25) is 0 Å². The molecule has 0 unspecified atom stereocenters. The van der Waals surface area contributed by atoms with Crippen LogP contribution in [0, 0.1) is 51.0 Å². The molecule has 164 valence electrons. The zero-order chi connectivity index (χ0) is 23.8. The third kappa shape index (κ3) is 3.66. The van der Waals surface area contributed by atoms with Gasteiger partial charge in [-0.05, 0) is 24.3 Å². The number of aryl methyl sites for hydroxylation is 1. The van der Waals surface area contributed by atoms with Gasteiger partial charge in [0.15, 0.2) is 11.9 Å². The lowest BCUT2D eigenvalue weighted by atomic mass is 9.73. The first-order valence-corrected chi connectivity index (χ1v) is 10.4. The van der Waals surface area contributed by atoms with Crippen LogP contribution < -0.4 is 9.88 Å². The van der Waals surface area contributed by atoms with Gasteiger partial charge in [0.05, 0.1) is 28.2 Å². The minimum atomic E-state index is -1.53. The summed E-state index contributed by atoms with van der Waals surface area (Å²) >= 11 is 0. The Morgan fingerprint density at radius 3 is 2.48 bits per heavy atom. The lowest BCUT2D eigenvalue weighted by Gasteiger charge is -2.43. The fourth-order valence-corrected chi connectivity index (χ4v) is 4.62. The van der Waals surface area contributed by atoms with Crippen LogP contribution in [-0.2, 0) is 0 Å². The highest BCUT2D eigenvalue weighted by molar-refractivity contribution is 5.71. The van der Waals surface area contributed by atoms with Gasteiger partial charge in [0.1, 0.15) is 11.6 Å². The maximum atomic E-state index is 12.1. The van der Waals surface area contributed by atoms with E-state index in [1.165, 1.54) is 12.1 Å². The second-order valence-electron chi connectivity index (χ2n) is 8.26. The highest BCUT2D eigenvalue weighted by atomic mass is 16.6. The van der Waals surface area contributed by atoms with Gasteiger partial charge in [-0.25, -0.2) is 0 Å². The van der Waals surface area contributed by atoms with Crippen molar-refractivity contribution in [2.45, 2.75) is 37.5 Å². The van der Waals surface area contributed by atoms with Gasteiger partial charge in [-0.1, -0.05) is 18.2 Å². The number of pyridine rings is 1. The molecule has 1 aliphatic carbocycles. The van der Waals surface area contributed by atoms with E-state index in [0.717, 1.165) is 18.5 Å². The normalized spacial score (nSPS) is 24.1. The summed E-state index contributed by atoms with van der Waals surface area (Å²) in [6, 6.07) is 14.8. The Morgan fingerprint density at radius 1 is 1.27 bits per heavy atom. The predicted molar refractivity (Wildman–Crippen MR) is 117 cm³/mol. The molecule has 1 fully saturated rings. The highest BCUT2D eigenvalue weighted by Crippen LogP contribution is 2.52. The number of benzene rings is 1. The maximum absolute atomic E-state index is 12.1. The van der Waals surface area contributed by atoms with E-state index in [1.807, 2.05) is 42.0 Å². The summed E-state index contributed by atoms with van der Waals surface area (Å²) < 4.78 is 1.89. The predicted octanol–water partition coefficient (Wildman–Crippen LogP) is 2.69. The van der Waals surface area contributed by atoms with Crippen LogP contribution in [0.5, 0.6) is 0 Å². The van der Waals surface area contributed by atoms with Crippen LogP contribution in [0.15, 0.2) is 65.5 Å². The van der Waals surface area contributed by atoms with Gasteiger partial charge in [0, 0.05) is 37.1 Å². The first-order chi connectivity index (χ1) is 15.8. The summed E-state index contributed by atoms with van der Waals surface area (Å²) in [7, 11) is 0. The number of nitro groups is 1. The second-order valence-corrected chi connectivity index (χ2v) is 8.26. The standard InChI is InChI=1S/C24H21N6O3/c1-15-4-2-3-11-29(15)23-21(16-5-9-19(10-6-16)30(32)33)20(14-27)22(17(12-25)13-26)28-24(23,31)18-7-8-18/h2-6,9-11,18,21,23,25,28,31H,7-8H2,1H3/q+1/t21-,23+,24-/m0/s1. The molecule has 0 spiro atoms. The van der Waals surface area contributed by atoms with Gasteiger partial charge in [-0.2, -0.15) is 15.1 Å². The fraction of sp³-hybridized carbons (Fsp3) is 0.292. The molecule has 9 heteroatoms. The first-order valence-electron chi connectivity index (χ1n) is 10.4. The number of rotatable bonds is 5. The van der Waals surface area contributed by atoms with Gasteiger partial charge in [-0.3, -0.25) is 15.5 Å². The molecule has 4 rings (SSSR count). The number of allylic oxidation sites excluding steroid dienone is 2. The summed E-state index contributed by atoms with van der Waals surface area (Å²) in [5, 5.41) is 53.6. The van der Waals surface area contributed by atoms with E-state index >= 15 is 0 Å². The third-order valence-electron chi connectivity index (χ3n) is 6.34. The van der Waals surface area contributed by atoms with Gasteiger partial charge in [-0.15, -0.1) is 0 Å². The Morgan fingerprint density at radius 2 is 1.97 bits per heavy atom. The Bertz CT molecular complexity index is 1290. The average molecular weight is 441 g/mol. The van der Waals surface area contributed by atoms with Crippen molar-refractivity contribution in [3.8, 4) is 12.1 Å². The average Bonchev–Trinajstić information content (AvgIpc) is 3.66. The Labute approximate surface area is 190 Å². The molecule has 2 aromatic rings. The van der Waals surface area contributed by atoms with E-state index in [-0.39, 0.29) is 28.4 Å². The van der Waals surface area contributed by atoms with E-state index in [1.54, 1.807) is 12.1 Å². The SMILES string of the molecule is Cc1cccc[n+]1[C@@H]1[C@@H](c2ccc([N+](=O)[O-])cc2)C(C#N)=C(C(=C=N)C#N)N[C@]1(O)C1CC1. The summed E-state index contributed by atoms with van der Waals surface area (Å²) in [6.07, 6.45) is 3.33. The van der Waals surface area contributed by atoms with Crippen molar-refractivity contribution in [3.05, 3.63) is 86.9 Å². The van der Waals surface area contributed by atoms with Crippen molar-refractivity contribution >= 4 is 11.6 Å². The number of nitriles is 2. The molecular formula is C24H21N6O3+. The fourth-order valence-electron chi connectivity index (χ4n) is 4.62. The van der Waals surface area contributed by atoms with E-state index in [9.17, 15) is 25.7 Å². The number of nitro benzene ring substituents is 1. The van der Waals surface area contributed by atoms with Crippen LogP contribution in [0.3, 0.4) is 0 Å². The molecule has 1 aromatic carbocycles. The quantitative estimate of drug-likeness (QED) is 0.213. The number of aliphatic hydroxyl groups is 1. The topological polar surface area (TPSA) is 151 Å². The second kappa shape index (κ2) is 8.33. The molecule has 1 saturated carbocycles. The van der Waals surface area contributed by atoms with Crippen molar-refractivity contribution < 1.29 is 14.6 Å². The number of hydrogen-bond donors (Lipinski definition) is 3. The highest BCUT2D eigenvalue weighted by Gasteiger charge is 2.61. The van der Waals surface area contributed by atoms with Crippen LogP contribution in [0.1, 0.15) is 36.1 Å². The number of nitrogens with zero attached hydrogens (tertiary/aromatic N) is 4.